The summed E-state index contributed by atoms with van der Waals surface area (Å²) in [5, 5.41) is 9.33. The summed E-state index contributed by atoms with van der Waals surface area (Å²) >= 11 is 0. The van der Waals surface area contributed by atoms with Gasteiger partial charge in [-0.1, -0.05) is 19.9 Å². The van der Waals surface area contributed by atoms with E-state index in [4.69, 9.17) is 9.97 Å². The zero-order valence-corrected chi connectivity index (χ0v) is 19.1. The standard InChI is InChI=1S/C24H20FN5O2.C2H6/c25-18-7-4-16(5-8-18)22-23(28-19-9-6-17(24(31)32)15-20(19)27-22)30-13-11-29(12-14-30)21-3-1-2-10-26-21;1-2/h1-10,15H,11-14H2,(H,31,32);1-2H3. The molecule has 1 fully saturated rings. The minimum absolute atomic E-state index is 0.147. The van der Waals surface area contributed by atoms with Crippen LogP contribution in [0.15, 0.2) is 66.9 Å². The lowest BCUT2D eigenvalue weighted by molar-refractivity contribution is 0.0697. The van der Waals surface area contributed by atoms with Gasteiger partial charge in [-0.25, -0.2) is 24.1 Å². The van der Waals surface area contributed by atoms with Crippen molar-refractivity contribution in [3.63, 3.8) is 0 Å². The van der Waals surface area contributed by atoms with Crippen LogP contribution in [0.5, 0.6) is 0 Å². The van der Waals surface area contributed by atoms with Crippen LogP contribution in [0, 0.1) is 5.82 Å². The van der Waals surface area contributed by atoms with E-state index in [1.807, 2.05) is 32.0 Å². The Bertz CT molecular complexity index is 1270. The molecule has 174 valence electrons. The van der Waals surface area contributed by atoms with Gasteiger partial charge in [-0.15, -0.1) is 0 Å². The molecule has 0 amide bonds. The quantitative estimate of drug-likeness (QED) is 0.466. The molecule has 5 rings (SSSR count). The van der Waals surface area contributed by atoms with Crippen LogP contribution in [-0.2, 0) is 0 Å². The number of hydrogen-bond donors (Lipinski definition) is 1. The van der Waals surface area contributed by atoms with Crippen molar-refractivity contribution in [3.05, 3.63) is 78.2 Å². The van der Waals surface area contributed by atoms with E-state index in [0.29, 0.717) is 22.5 Å². The average molecular weight is 460 g/mol. The van der Waals surface area contributed by atoms with E-state index in [9.17, 15) is 14.3 Å². The molecule has 0 radical (unpaired) electrons. The number of fused-ring (bicyclic) bond motifs is 1. The van der Waals surface area contributed by atoms with Crippen LogP contribution >= 0.6 is 0 Å². The number of rotatable bonds is 4. The Hall–Kier alpha value is -4.07. The summed E-state index contributed by atoms with van der Waals surface area (Å²) in [6.07, 6.45) is 1.79. The Labute approximate surface area is 197 Å². The molecular formula is C26H26FN5O2. The van der Waals surface area contributed by atoms with Crippen molar-refractivity contribution in [2.24, 2.45) is 0 Å². The van der Waals surface area contributed by atoms with Crippen LogP contribution in [-0.4, -0.2) is 52.2 Å². The summed E-state index contributed by atoms with van der Waals surface area (Å²) in [5.41, 5.74) is 2.58. The molecule has 4 aromatic rings. The van der Waals surface area contributed by atoms with Gasteiger partial charge in [0.2, 0.25) is 0 Å². The van der Waals surface area contributed by atoms with Gasteiger partial charge in [0.15, 0.2) is 5.82 Å². The lowest BCUT2D eigenvalue weighted by Crippen LogP contribution is -2.47. The molecule has 0 atom stereocenters. The third kappa shape index (κ3) is 4.80. The van der Waals surface area contributed by atoms with Crippen molar-refractivity contribution < 1.29 is 14.3 Å². The van der Waals surface area contributed by atoms with E-state index in [0.717, 1.165) is 37.6 Å². The molecule has 0 saturated carbocycles. The number of halogens is 1. The lowest BCUT2D eigenvalue weighted by atomic mass is 10.1. The van der Waals surface area contributed by atoms with Gasteiger partial charge in [0, 0.05) is 37.9 Å². The zero-order valence-electron chi connectivity index (χ0n) is 19.1. The van der Waals surface area contributed by atoms with E-state index >= 15 is 0 Å². The minimum Gasteiger partial charge on any atom is -0.478 e. The summed E-state index contributed by atoms with van der Waals surface area (Å²) in [5.74, 6) is 0.289. The Morgan fingerprint density at radius 2 is 1.59 bits per heavy atom. The Morgan fingerprint density at radius 3 is 2.24 bits per heavy atom. The summed E-state index contributed by atoms with van der Waals surface area (Å²) < 4.78 is 13.5. The van der Waals surface area contributed by atoms with Crippen LogP contribution in [0.4, 0.5) is 16.0 Å². The first-order chi connectivity index (χ1) is 16.6. The van der Waals surface area contributed by atoms with Crippen molar-refractivity contribution in [1.82, 2.24) is 15.0 Å². The second-order valence-corrected chi connectivity index (χ2v) is 7.57. The third-order valence-corrected chi connectivity index (χ3v) is 5.56. The van der Waals surface area contributed by atoms with Gasteiger partial charge >= 0.3 is 5.97 Å². The van der Waals surface area contributed by atoms with E-state index in [1.54, 1.807) is 24.4 Å². The van der Waals surface area contributed by atoms with Crippen molar-refractivity contribution in [3.8, 4) is 11.3 Å². The van der Waals surface area contributed by atoms with Crippen LogP contribution in [0.1, 0.15) is 24.2 Å². The van der Waals surface area contributed by atoms with Gasteiger partial charge in [-0.2, -0.15) is 0 Å². The highest BCUT2D eigenvalue weighted by molar-refractivity contribution is 5.93. The zero-order chi connectivity index (χ0) is 24.1. The number of carbonyl (C=O) groups is 1. The fourth-order valence-electron chi connectivity index (χ4n) is 3.89. The number of carboxylic acids is 1. The Balaban J connectivity index is 0.00000133. The maximum atomic E-state index is 13.5. The molecule has 1 N–H and O–H groups in total. The Kier molecular flexibility index (Phi) is 6.96. The first-order valence-electron chi connectivity index (χ1n) is 11.3. The molecule has 3 heterocycles. The number of aromatic carboxylic acids is 1. The highest BCUT2D eigenvalue weighted by Gasteiger charge is 2.23. The summed E-state index contributed by atoms with van der Waals surface area (Å²) in [4.78, 5) is 29.8. The van der Waals surface area contributed by atoms with Crippen molar-refractivity contribution in [1.29, 1.82) is 0 Å². The number of aromatic nitrogens is 3. The molecule has 0 spiro atoms. The predicted molar refractivity (Wildman–Crippen MR) is 132 cm³/mol. The second-order valence-electron chi connectivity index (χ2n) is 7.57. The third-order valence-electron chi connectivity index (χ3n) is 5.56. The molecule has 1 aliphatic heterocycles. The van der Waals surface area contributed by atoms with Crippen LogP contribution < -0.4 is 9.80 Å². The molecule has 1 saturated heterocycles. The highest BCUT2D eigenvalue weighted by Crippen LogP contribution is 2.31. The molecule has 0 aliphatic carbocycles. The van der Waals surface area contributed by atoms with Gasteiger partial charge in [-0.05, 0) is 54.6 Å². The number of hydrogen-bond acceptors (Lipinski definition) is 6. The molecule has 1 aliphatic rings. The molecule has 0 bridgehead atoms. The number of benzene rings is 2. The number of piperazine rings is 1. The summed E-state index contributed by atoms with van der Waals surface area (Å²) in [6.45, 7) is 6.99. The normalized spacial score (nSPS) is 13.4. The molecule has 0 unspecified atom stereocenters. The van der Waals surface area contributed by atoms with Gasteiger partial charge < -0.3 is 14.9 Å². The van der Waals surface area contributed by atoms with E-state index in [2.05, 4.69) is 14.8 Å². The van der Waals surface area contributed by atoms with Crippen LogP contribution in [0.2, 0.25) is 0 Å². The predicted octanol–water partition coefficient (Wildman–Crippen LogP) is 4.88. The van der Waals surface area contributed by atoms with Crippen molar-refractivity contribution >= 4 is 28.6 Å². The molecule has 7 nitrogen and oxygen atoms in total. The monoisotopic (exact) mass is 459 g/mol. The average Bonchev–Trinajstić information content (AvgIpc) is 2.90. The van der Waals surface area contributed by atoms with Crippen molar-refractivity contribution in [2.75, 3.05) is 36.0 Å². The molecule has 2 aromatic heterocycles. The highest BCUT2D eigenvalue weighted by atomic mass is 19.1. The topological polar surface area (TPSA) is 82.5 Å². The first-order valence-corrected chi connectivity index (χ1v) is 11.3. The first kappa shape index (κ1) is 23.1. The summed E-state index contributed by atoms with van der Waals surface area (Å²) in [7, 11) is 0. The number of pyridine rings is 1. The second kappa shape index (κ2) is 10.2. The fourth-order valence-corrected chi connectivity index (χ4v) is 3.89. The summed E-state index contributed by atoms with van der Waals surface area (Å²) in [6, 6.07) is 16.7. The van der Waals surface area contributed by atoms with Gasteiger partial charge in [0.25, 0.3) is 0 Å². The number of anilines is 2. The fraction of sp³-hybridized carbons (Fsp3) is 0.231. The molecule has 2 aromatic carbocycles. The van der Waals surface area contributed by atoms with Gasteiger partial charge in [-0.3, -0.25) is 0 Å². The van der Waals surface area contributed by atoms with E-state index in [1.165, 1.54) is 24.3 Å². The SMILES string of the molecule is CC.O=C(O)c1ccc2nc(N3CCN(c4ccccn4)CC3)c(-c3ccc(F)cc3)nc2c1. The number of carboxylic acid groups (broad SMARTS) is 1. The van der Waals surface area contributed by atoms with E-state index in [-0.39, 0.29) is 11.4 Å². The molecular weight excluding hydrogens is 433 g/mol. The minimum atomic E-state index is -1.02. The van der Waals surface area contributed by atoms with Gasteiger partial charge in [0.1, 0.15) is 17.3 Å². The lowest BCUT2D eigenvalue weighted by Gasteiger charge is -2.36. The van der Waals surface area contributed by atoms with Gasteiger partial charge in [0.05, 0.1) is 16.6 Å². The maximum absolute atomic E-state index is 13.5. The molecule has 8 heteroatoms. The number of nitrogens with zero attached hydrogens (tertiary/aromatic N) is 5. The van der Waals surface area contributed by atoms with Crippen LogP contribution in [0.3, 0.4) is 0 Å². The van der Waals surface area contributed by atoms with Crippen LogP contribution in [0.25, 0.3) is 22.3 Å². The largest absolute Gasteiger partial charge is 0.478 e. The smallest absolute Gasteiger partial charge is 0.335 e. The Morgan fingerprint density at radius 1 is 0.882 bits per heavy atom. The molecule has 34 heavy (non-hydrogen) atoms. The maximum Gasteiger partial charge on any atom is 0.335 e. The van der Waals surface area contributed by atoms with E-state index < -0.39 is 5.97 Å². The van der Waals surface area contributed by atoms with Crippen molar-refractivity contribution in [2.45, 2.75) is 13.8 Å².